The molecule has 1 aromatic rings. The molecule has 0 spiro atoms. The number of carbonyl (C=O) groups is 1. The molecule has 1 fully saturated rings. The number of carbonyl (C=O) groups excluding carboxylic acids is 1. The van der Waals surface area contributed by atoms with Gasteiger partial charge in [0, 0.05) is 57.0 Å². The first-order valence-corrected chi connectivity index (χ1v) is 7.10. The average Bonchev–Trinajstić information content (AvgIpc) is 2.84. The number of aryl methyl sites for hydroxylation is 1. The maximum Gasteiger partial charge on any atom is 0.224 e. The number of aromatic nitrogens is 2. The first kappa shape index (κ1) is 14.1. The summed E-state index contributed by atoms with van der Waals surface area (Å²) in [4.78, 5) is 18.5. The maximum atomic E-state index is 12.2. The molecular formula is C14H24N4O. The summed E-state index contributed by atoms with van der Waals surface area (Å²) in [5, 5.41) is 3.35. The molecule has 19 heavy (non-hydrogen) atoms. The lowest BCUT2D eigenvalue weighted by atomic mass is 10.2. The summed E-state index contributed by atoms with van der Waals surface area (Å²) >= 11 is 0. The zero-order valence-electron chi connectivity index (χ0n) is 12.1. The van der Waals surface area contributed by atoms with Gasteiger partial charge in [-0.2, -0.15) is 0 Å². The third-order valence-corrected chi connectivity index (χ3v) is 3.55. The highest BCUT2D eigenvalue weighted by Gasteiger charge is 2.20. The zero-order valence-corrected chi connectivity index (χ0v) is 12.1. The van der Waals surface area contributed by atoms with E-state index in [1.807, 2.05) is 17.3 Å². The molecule has 106 valence electrons. The molecule has 5 nitrogen and oxygen atoms in total. The molecule has 0 saturated carbocycles. The van der Waals surface area contributed by atoms with Crippen LogP contribution >= 0.6 is 0 Å². The van der Waals surface area contributed by atoms with Crippen molar-refractivity contribution in [2.24, 2.45) is 0 Å². The summed E-state index contributed by atoms with van der Waals surface area (Å²) in [6, 6.07) is 0.400. The maximum absolute atomic E-state index is 12.2. The van der Waals surface area contributed by atoms with E-state index in [-0.39, 0.29) is 5.91 Å². The van der Waals surface area contributed by atoms with Crippen LogP contribution in [-0.4, -0.2) is 46.0 Å². The van der Waals surface area contributed by atoms with E-state index in [0.717, 1.165) is 32.0 Å². The molecule has 0 aliphatic carbocycles. The quantitative estimate of drug-likeness (QED) is 0.889. The van der Waals surface area contributed by atoms with E-state index in [9.17, 15) is 4.79 Å². The minimum absolute atomic E-state index is 0.247. The van der Waals surface area contributed by atoms with E-state index >= 15 is 0 Å². The summed E-state index contributed by atoms with van der Waals surface area (Å²) in [6.07, 6.45) is 4.33. The van der Waals surface area contributed by atoms with Crippen molar-refractivity contribution < 1.29 is 4.79 Å². The van der Waals surface area contributed by atoms with Gasteiger partial charge < -0.3 is 14.8 Å². The first-order valence-electron chi connectivity index (χ1n) is 7.10. The summed E-state index contributed by atoms with van der Waals surface area (Å²) in [7, 11) is 0. The highest BCUT2D eigenvalue weighted by molar-refractivity contribution is 5.76. The first-order chi connectivity index (χ1) is 9.08. The van der Waals surface area contributed by atoms with E-state index in [0.29, 0.717) is 18.4 Å². The van der Waals surface area contributed by atoms with Crippen LogP contribution in [0.25, 0.3) is 0 Å². The third-order valence-electron chi connectivity index (χ3n) is 3.55. The molecule has 0 aromatic carbocycles. The highest BCUT2D eigenvalue weighted by Crippen LogP contribution is 2.12. The van der Waals surface area contributed by atoms with Crippen LogP contribution in [0.1, 0.15) is 38.9 Å². The van der Waals surface area contributed by atoms with Crippen LogP contribution in [0.2, 0.25) is 0 Å². The number of hydrogen-bond donors (Lipinski definition) is 1. The molecule has 1 N–H and O–H groups in total. The van der Waals surface area contributed by atoms with Crippen molar-refractivity contribution in [1.82, 2.24) is 19.8 Å². The van der Waals surface area contributed by atoms with Crippen molar-refractivity contribution in [3.05, 3.63) is 18.2 Å². The minimum Gasteiger partial charge on any atom is -0.340 e. The molecule has 1 unspecified atom stereocenters. The highest BCUT2D eigenvalue weighted by atomic mass is 16.2. The molecule has 1 aliphatic rings. The molecule has 1 aliphatic heterocycles. The van der Waals surface area contributed by atoms with Gasteiger partial charge in [-0.3, -0.25) is 4.79 Å². The fourth-order valence-corrected chi connectivity index (χ4v) is 2.54. The van der Waals surface area contributed by atoms with Crippen LogP contribution in [-0.2, 0) is 11.3 Å². The van der Waals surface area contributed by atoms with Crippen molar-refractivity contribution >= 4 is 5.91 Å². The molecule has 0 radical (unpaired) electrons. The lowest BCUT2D eigenvalue weighted by Crippen LogP contribution is -2.51. The van der Waals surface area contributed by atoms with Gasteiger partial charge in [-0.05, 0) is 6.92 Å². The normalized spacial score (nSPS) is 20.0. The number of nitrogens with zero attached hydrogens (tertiary/aromatic N) is 3. The molecule has 0 bridgehead atoms. The minimum atomic E-state index is 0.247. The van der Waals surface area contributed by atoms with Gasteiger partial charge in [-0.25, -0.2) is 4.98 Å². The van der Waals surface area contributed by atoms with Gasteiger partial charge in [0.2, 0.25) is 5.91 Å². The van der Waals surface area contributed by atoms with Crippen LogP contribution in [0.15, 0.2) is 12.4 Å². The number of rotatable bonds is 4. The van der Waals surface area contributed by atoms with Gasteiger partial charge in [0.25, 0.3) is 0 Å². The SMILES string of the molecule is CC1CN(C(=O)CCn2ccnc2C(C)C)CCN1. The van der Waals surface area contributed by atoms with Gasteiger partial charge in [0.15, 0.2) is 0 Å². The van der Waals surface area contributed by atoms with Crippen LogP contribution < -0.4 is 5.32 Å². The third kappa shape index (κ3) is 3.56. The predicted molar refractivity (Wildman–Crippen MR) is 75.0 cm³/mol. The van der Waals surface area contributed by atoms with Gasteiger partial charge in [0.1, 0.15) is 5.82 Å². The summed E-state index contributed by atoms with van der Waals surface area (Å²) in [5.41, 5.74) is 0. The molecule has 1 amide bonds. The second-order valence-corrected chi connectivity index (χ2v) is 5.58. The predicted octanol–water partition coefficient (Wildman–Crippen LogP) is 1.22. The standard InChI is InChI=1S/C14H24N4O/c1-11(2)14-16-6-8-17(14)7-4-13(19)18-9-5-15-12(3)10-18/h6,8,11-12,15H,4-5,7,9-10H2,1-3H3. The number of amides is 1. The number of hydrogen-bond acceptors (Lipinski definition) is 3. The Balaban J connectivity index is 1.87. The Morgan fingerprint density at radius 1 is 1.58 bits per heavy atom. The topological polar surface area (TPSA) is 50.2 Å². The Labute approximate surface area is 115 Å². The summed E-state index contributed by atoms with van der Waals surface area (Å²) in [6.45, 7) is 9.63. The molecule has 1 aromatic heterocycles. The molecule has 1 atom stereocenters. The Morgan fingerprint density at radius 3 is 3.05 bits per heavy atom. The molecule has 1 saturated heterocycles. The van der Waals surface area contributed by atoms with Crippen molar-refractivity contribution in [1.29, 1.82) is 0 Å². The van der Waals surface area contributed by atoms with Crippen LogP contribution in [0.3, 0.4) is 0 Å². The molecule has 5 heteroatoms. The van der Waals surface area contributed by atoms with E-state index in [1.165, 1.54) is 0 Å². The Hall–Kier alpha value is -1.36. The second-order valence-electron chi connectivity index (χ2n) is 5.58. The smallest absolute Gasteiger partial charge is 0.224 e. The molecule has 2 heterocycles. The number of piperazine rings is 1. The summed E-state index contributed by atoms with van der Waals surface area (Å²) in [5.74, 6) is 1.70. The lowest BCUT2D eigenvalue weighted by Gasteiger charge is -2.32. The van der Waals surface area contributed by atoms with E-state index in [4.69, 9.17) is 0 Å². The fourth-order valence-electron chi connectivity index (χ4n) is 2.54. The summed E-state index contributed by atoms with van der Waals surface area (Å²) < 4.78 is 2.09. The Morgan fingerprint density at radius 2 is 2.37 bits per heavy atom. The van der Waals surface area contributed by atoms with Gasteiger partial charge in [-0.1, -0.05) is 13.8 Å². The zero-order chi connectivity index (χ0) is 13.8. The van der Waals surface area contributed by atoms with Crippen molar-refractivity contribution in [3.63, 3.8) is 0 Å². The number of nitrogens with one attached hydrogen (secondary N) is 1. The molecular weight excluding hydrogens is 240 g/mol. The lowest BCUT2D eigenvalue weighted by molar-refractivity contribution is -0.132. The second kappa shape index (κ2) is 6.19. The Bertz CT molecular complexity index is 427. The Kier molecular flexibility index (Phi) is 4.58. The van der Waals surface area contributed by atoms with Crippen molar-refractivity contribution in [2.75, 3.05) is 19.6 Å². The van der Waals surface area contributed by atoms with E-state index in [1.54, 1.807) is 0 Å². The van der Waals surface area contributed by atoms with Crippen molar-refractivity contribution in [2.45, 2.75) is 45.7 Å². The largest absolute Gasteiger partial charge is 0.340 e. The fraction of sp³-hybridized carbons (Fsp3) is 0.714. The van der Waals surface area contributed by atoms with E-state index < -0.39 is 0 Å². The van der Waals surface area contributed by atoms with Gasteiger partial charge in [0.05, 0.1) is 0 Å². The van der Waals surface area contributed by atoms with E-state index in [2.05, 4.69) is 35.6 Å². The van der Waals surface area contributed by atoms with Gasteiger partial charge >= 0.3 is 0 Å². The van der Waals surface area contributed by atoms with Crippen LogP contribution in [0.4, 0.5) is 0 Å². The molecule has 2 rings (SSSR count). The van der Waals surface area contributed by atoms with Gasteiger partial charge in [-0.15, -0.1) is 0 Å². The van der Waals surface area contributed by atoms with Crippen LogP contribution in [0, 0.1) is 0 Å². The number of imidazole rings is 1. The average molecular weight is 264 g/mol. The van der Waals surface area contributed by atoms with Crippen LogP contribution in [0.5, 0.6) is 0 Å². The van der Waals surface area contributed by atoms with Crippen molar-refractivity contribution in [3.8, 4) is 0 Å². The monoisotopic (exact) mass is 264 g/mol.